The van der Waals surface area contributed by atoms with Crippen molar-refractivity contribution in [2.75, 3.05) is 5.73 Å². The molecule has 82 valence electrons. The van der Waals surface area contributed by atoms with E-state index in [4.69, 9.17) is 5.73 Å². The van der Waals surface area contributed by atoms with Gasteiger partial charge in [-0.1, -0.05) is 24.3 Å². The first-order valence-corrected chi connectivity index (χ1v) is 4.89. The second-order valence-electron chi connectivity index (χ2n) is 3.54. The van der Waals surface area contributed by atoms with E-state index in [-0.39, 0.29) is 11.9 Å². The van der Waals surface area contributed by atoms with Crippen LogP contribution in [-0.4, -0.2) is 20.7 Å². The van der Waals surface area contributed by atoms with E-state index < -0.39 is 0 Å². The molecule has 0 fully saturated rings. The molecule has 5 nitrogen and oxygen atoms in total. The van der Waals surface area contributed by atoms with Gasteiger partial charge in [-0.15, -0.1) is 5.10 Å². The molecule has 0 atom stereocenters. The number of carbonyl (C=O) groups is 1. The molecule has 16 heavy (non-hydrogen) atoms. The third-order valence-electron chi connectivity index (χ3n) is 2.32. The average molecular weight is 216 g/mol. The van der Waals surface area contributed by atoms with Crippen LogP contribution in [0.1, 0.15) is 17.3 Å². The van der Waals surface area contributed by atoms with Gasteiger partial charge in [0.1, 0.15) is 0 Å². The smallest absolute Gasteiger partial charge is 0.246 e. The van der Waals surface area contributed by atoms with Crippen LogP contribution in [0.3, 0.4) is 0 Å². The highest BCUT2D eigenvalue weighted by molar-refractivity contribution is 5.78. The molecule has 5 heteroatoms. The van der Waals surface area contributed by atoms with Gasteiger partial charge in [0.2, 0.25) is 11.9 Å². The molecule has 1 aromatic carbocycles. The van der Waals surface area contributed by atoms with Crippen molar-refractivity contribution in [1.82, 2.24) is 14.8 Å². The Kier molecular flexibility index (Phi) is 2.44. The van der Waals surface area contributed by atoms with Gasteiger partial charge in [-0.25, -0.2) is 0 Å². The van der Waals surface area contributed by atoms with Gasteiger partial charge in [-0.05, 0) is 12.5 Å². The number of hydrogen-bond acceptors (Lipinski definition) is 4. The Balaban J connectivity index is 2.54. The minimum atomic E-state index is -0.246. The lowest BCUT2D eigenvalue weighted by Crippen LogP contribution is -2.11. The van der Waals surface area contributed by atoms with Crippen molar-refractivity contribution in [3.8, 4) is 11.4 Å². The number of hydrogen-bond donors (Lipinski definition) is 1. The van der Waals surface area contributed by atoms with Gasteiger partial charge >= 0.3 is 0 Å². The van der Waals surface area contributed by atoms with Gasteiger partial charge < -0.3 is 5.73 Å². The van der Waals surface area contributed by atoms with Crippen LogP contribution in [0.4, 0.5) is 5.95 Å². The second-order valence-corrected chi connectivity index (χ2v) is 3.54. The zero-order chi connectivity index (χ0) is 11.7. The van der Waals surface area contributed by atoms with Crippen LogP contribution in [0.25, 0.3) is 11.4 Å². The molecular weight excluding hydrogens is 204 g/mol. The van der Waals surface area contributed by atoms with Crippen molar-refractivity contribution >= 4 is 11.9 Å². The molecule has 0 bridgehead atoms. The standard InChI is InChI=1S/C11H12N4O/c1-7-5-3-4-6-9(7)10-13-11(12)15(14-10)8(2)16/h3-6H,1-2H3,(H2,12,13,14). The maximum Gasteiger partial charge on any atom is 0.246 e. The number of carbonyl (C=O) groups excluding carboxylic acids is 1. The third kappa shape index (κ3) is 1.67. The number of nitrogen functional groups attached to an aromatic ring is 1. The summed E-state index contributed by atoms with van der Waals surface area (Å²) in [5, 5.41) is 4.07. The van der Waals surface area contributed by atoms with Crippen LogP contribution in [0.5, 0.6) is 0 Å². The maximum atomic E-state index is 11.2. The van der Waals surface area contributed by atoms with Gasteiger partial charge in [0, 0.05) is 12.5 Å². The minimum Gasteiger partial charge on any atom is -0.368 e. The predicted molar refractivity (Wildman–Crippen MR) is 60.9 cm³/mol. The fourth-order valence-corrected chi connectivity index (χ4v) is 1.49. The number of anilines is 1. The highest BCUT2D eigenvalue weighted by Crippen LogP contribution is 2.20. The van der Waals surface area contributed by atoms with Crippen LogP contribution in [0, 0.1) is 6.92 Å². The molecule has 2 aromatic rings. The highest BCUT2D eigenvalue weighted by atomic mass is 16.2. The SMILES string of the molecule is CC(=O)n1nc(-c2ccccc2C)nc1N. The van der Waals surface area contributed by atoms with E-state index in [1.165, 1.54) is 6.92 Å². The van der Waals surface area contributed by atoms with Crippen LogP contribution in [-0.2, 0) is 0 Å². The fraction of sp³-hybridized carbons (Fsp3) is 0.182. The van der Waals surface area contributed by atoms with Crippen molar-refractivity contribution in [3.05, 3.63) is 29.8 Å². The average Bonchev–Trinajstić information content (AvgIpc) is 2.61. The monoisotopic (exact) mass is 216 g/mol. The number of aromatic nitrogens is 3. The first kappa shape index (κ1) is 10.4. The lowest BCUT2D eigenvalue weighted by Gasteiger charge is -1.98. The van der Waals surface area contributed by atoms with Crippen molar-refractivity contribution in [2.45, 2.75) is 13.8 Å². The molecule has 2 rings (SSSR count). The van der Waals surface area contributed by atoms with Crippen molar-refractivity contribution in [2.24, 2.45) is 0 Å². The van der Waals surface area contributed by atoms with Crippen molar-refractivity contribution in [1.29, 1.82) is 0 Å². The highest BCUT2D eigenvalue weighted by Gasteiger charge is 2.12. The van der Waals surface area contributed by atoms with Crippen molar-refractivity contribution < 1.29 is 4.79 Å². The molecule has 0 unspecified atom stereocenters. The van der Waals surface area contributed by atoms with Gasteiger partial charge in [-0.3, -0.25) is 4.79 Å². The number of nitrogens with two attached hydrogens (primary N) is 1. The van der Waals surface area contributed by atoms with Gasteiger partial charge in [-0.2, -0.15) is 9.67 Å². The topological polar surface area (TPSA) is 73.8 Å². The van der Waals surface area contributed by atoms with Gasteiger partial charge in [0.15, 0.2) is 5.82 Å². The molecule has 0 saturated carbocycles. The van der Waals surface area contributed by atoms with Crippen molar-refractivity contribution in [3.63, 3.8) is 0 Å². The second kappa shape index (κ2) is 3.77. The van der Waals surface area contributed by atoms with Crippen LogP contribution >= 0.6 is 0 Å². The number of rotatable bonds is 1. The van der Waals surface area contributed by atoms with Gasteiger partial charge in [0.25, 0.3) is 0 Å². The molecule has 0 spiro atoms. The van der Waals surface area contributed by atoms with E-state index in [1.54, 1.807) is 0 Å². The zero-order valence-corrected chi connectivity index (χ0v) is 9.14. The first-order valence-electron chi connectivity index (χ1n) is 4.89. The summed E-state index contributed by atoms with van der Waals surface area (Å²) >= 11 is 0. The third-order valence-corrected chi connectivity index (χ3v) is 2.32. The van der Waals surface area contributed by atoms with Gasteiger partial charge in [0.05, 0.1) is 0 Å². The number of nitrogens with zero attached hydrogens (tertiary/aromatic N) is 3. The molecule has 0 aliphatic heterocycles. The van der Waals surface area contributed by atoms with E-state index in [2.05, 4.69) is 10.1 Å². The van der Waals surface area contributed by atoms with Crippen LogP contribution in [0.2, 0.25) is 0 Å². The maximum absolute atomic E-state index is 11.2. The molecule has 1 heterocycles. The molecule has 0 amide bonds. The van der Waals surface area contributed by atoms with E-state index in [1.807, 2.05) is 31.2 Å². The Morgan fingerprint density at radius 2 is 2.06 bits per heavy atom. The van der Waals surface area contributed by atoms with E-state index in [0.717, 1.165) is 15.8 Å². The lowest BCUT2D eigenvalue weighted by atomic mass is 10.1. The summed E-state index contributed by atoms with van der Waals surface area (Å²) in [6, 6.07) is 7.69. The Morgan fingerprint density at radius 1 is 1.38 bits per heavy atom. The Hall–Kier alpha value is -2.17. The number of benzene rings is 1. The molecule has 1 aromatic heterocycles. The molecule has 0 aliphatic rings. The summed E-state index contributed by atoms with van der Waals surface area (Å²) in [5.41, 5.74) is 7.53. The Bertz CT molecular complexity index is 545. The summed E-state index contributed by atoms with van der Waals surface area (Å²) in [5.74, 6) is 0.349. The van der Waals surface area contributed by atoms with E-state index in [0.29, 0.717) is 5.82 Å². The Labute approximate surface area is 92.9 Å². The molecule has 2 N–H and O–H groups in total. The summed E-state index contributed by atoms with van der Waals surface area (Å²) < 4.78 is 1.10. The normalized spacial score (nSPS) is 10.4. The lowest BCUT2D eigenvalue weighted by molar-refractivity contribution is 0.0924. The fourth-order valence-electron chi connectivity index (χ4n) is 1.49. The van der Waals surface area contributed by atoms with E-state index >= 15 is 0 Å². The zero-order valence-electron chi connectivity index (χ0n) is 9.14. The first-order chi connectivity index (χ1) is 7.59. The Morgan fingerprint density at radius 3 is 2.62 bits per heavy atom. The minimum absolute atomic E-state index is 0.116. The molecular formula is C11H12N4O. The molecule has 0 radical (unpaired) electrons. The largest absolute Gasteiger partial charge is 0.368 e. The van der Waals surface area contributed by atoms with Crippen LogP contribution < -0.4 is 5.73 Å². The predicted octanol–water partition coefficient (Wildman–Crippen LogP) is 1.50. The molecule has 0 saturated heterocycles. The number of aryl methyl sites for hydroxylation is 1. The summed E-state index contributed by atoms with van der Waals surface area (Å²) in [7, 11) is 0. The summed E-state index contributed by atoms with van der Waals surface area (Å²) in [4.78, 5) is 15.2. The van der Waals surface area contributed by atoms with E-state index in [9.17, 15) is 4.79 Å². The quantitative estimate of drug-likeness (QED) is 0.783. The molecule has 0 aliphatic carbocycles. The van der Waals surface area contributed by atoms with Crippen LogP contribution in [0.15, 0.2) is 24.3 Å². The summed E-state index contributed by atoms with van der Waals surface area (Å²) in [6.45, 7) is 3.35. The summed E-state index contributed by atoms with van der Waals surface area (Å²) in [6.07, 6.45) is 0.